The van der Waals surface area contributed by atoms with Crippen LogP contribution in [0.15, 0.2) is 18.5 Å². The Kier molecular flexibility index (Phi) is 6.11. The van der Waals surface area contributed by atoms with Crippen LogP contribution in [0.25, 0.3) is 0 Å². The van der Waals surface area contributed by atoms with Gasteiger partial charge in [-0.3, -0.25) is 9.78 Å². The van der Waals surface area contributed by atoms with E-state index in [9.17, 15) is 15.0 Å². The summed E-state index contributed by atoms with van der Waals surface area (Å²) in [6.45, 7) is 1.47. The smallest absolute Gasteiger partial charge is 0.185 e. The molecule has 2 unspecified atom stereocenters. The molecule has 5 nitrogen and oxygen atoms in total. The number of methoxy groups -OCH3 is 1. The molecule has 2 atom stereocenters. The highest BCUT2D eigenvalue weighted by molar-refractivity contribution is 8.13. The molecule has 0 aliphatic heterocycles. The van der Waals surface area contributed by atoms with Gasteiger partial charge >= 0.3 is 0 Å². The van der Waals surface area contributed by atoms with Crippen LogP contribution in [0.5, 0.6) is 5.75 Å². The Labute approximate surface area is 110 Å². The Morgan fingerprint density at radius 1 is 1.50 bits per heavy atom. The van der Waals surface area contributed by atoms with Crippen molar-refractivity contribution in [3.8, 4) is 5.75 Å². The van der Waals surface area contributed by atoms with Gasteiger partial charge in [-0.2, -0.15) is 0 Å². The maximum Gasteiger partial charge on any atom is 0.185 e. The lowest BCUT2D eigenvalue weighted by Gasteiger charge is -2.17. The molecule has 1 aromatic rings. The molecule has 100 valence electrons. The van der Waals surface area contributed by atoms with Gasteiger partial charge in [0.05, 0.1) is 19.4 Å². The summed E-state index contributed by atoms with van der Waals surface area (Å²) in [4.78, 5) is 14.7. The maximum absolute atomic E-state index is 10.7. The van der Waals surface area contributed by atoms with Gasteiger partial charge in [-0.25, -0.2) is 0 Å². The van der Waals surface area contributed by atoms with Crippen molar-refractivity contribution in [1.82, 2.24) is 4.98 Å². The number of aromatic nitrogens is 1. The zero-order valence-corrected chi connectivity index (χ0v) is 11.2. The Morgan fingerprint density at radius 2 is 2.22 bits per heavy atom. The molecule has 0 aliphatic rings. The Hall–Kier alpha value is -1.11. The van der Waals surface area contributed by atoms with E-state index in [1.165, 1.54) is 26.4 Å². The lowest BCUT2D eigenvalue weighted by molar-refractivity contribution is -0.109. The third kappa shape index (κ3) is 4.64. The molecule has 2 N–H and O–H groups in total. The second kappa shape index (κ2) is 7.35. The number of aliphatic hydroxyl groups is 2. The zero-order valence-electron chi connectivity index (χ0n) is 10.4. The molecule has 0 saturated heterocycles. The quantitative estimate of drug-likeness (QED) is 0.808. The standard InChI is InChI=1S/C12H17NO4S/c1-8(14)18-4-3-11(15)12(16)9-5-10(17-2)7-13-6-9/h5-7,11-12,15-16H,3-4H2,1-2H3. The summed E-state index contributed by atoms with van der Waals surface area (Å²) in [5.74, 6) is 1.00. The monoisotopic (exact) mass is 271 g/mol. The molecule has 0 amide bonds. The zero-order chi connectivity index (χ0) is 13.5. The van der Waals surface area contributed by atoms with Crippen molar-refractivity contribution in [3.63, 3.8) is 0 Å². The molecule has 1 heterocycles. The van der Waals surface area contributed by atoms with E-state index in [1.54, 1.807) is 6.07 Å². The molecule has 0 radical (unpaired) electrons. The van der Waals surface area contributed by atoms with Gasteiger partial charge in [-0.05, 0) is 12.5 Å². The first-order valence-electron chi connectivity index (χ1n) is 5.53. The molecule has 0 spiro atoms. The molecule has 6 heteroatoms. The van der Waals surface area contributed by atoms with Gasteiger partial charge in [0.1, 0.15) is 11.9 Å². The summed E-state index contributed by atoms with van der Waals surface area (Å²) in [5.41, 5.74) is 0.495. The van der Waals surface area contributed by atoms with E-state index >= 15 is 0 Å². The molecule has 1 rings (SSSR count). The first-order valence-corrected chi connectivity index (χ1v) is 6.51. The number of nitrogens with zero attached hydrogens (tertiary/aromatic N) is 1. The van der Waals surface area contributed by atoms with Gasteiger partial charge in [0.25, 0.3) is 0 Å². The number of hydrogen-bond acceptors (Lipinski definition) is 6. The van der Waals surface area contributed by atoms with E-state index in [0.717, 1.165) is 11.8 Å². The van der Waals surface area contributed by atoms with Crippen molar-refractivity contribution in [2.24, 2.45) is 0 Å². The van der Waals surface area contributed by atoms with E-state index in [2.05, 4.69) is 4.98 Å². The molecule has 0 saturated carbocycles. The molecule has 18 heavy (non-hydrogen) atoms. The van der Waals surface area contributed by atoms with Crippen LogP contribution in [0.3, 0.4) is 0 Å². The molecule has 0 aliphatic carbocycles. The summed E-state index contributed by atoms with van der Waals surface area (Å²) < 4.78 is 4.99. The van der Waals surface area contributed by atoms with Gasteiger partial charge in [0, 0.05) is 24.4 Å². The largest absolute Gasteiger partial charge is 0.495 e. The second-order valence-electron chi connectivity index (χ2n) is 3.80. The Bertz CT molecular complexity index is 399. The van der Waals surface area contributed by atoms with Gasteiger partial charge in [-0.1, -0.05) is 11.8 Å². The van der Waals surface area contributed by atoms with Crippen molar-refractivity contribution >= 4 is 16.9 Å². The van der Waals surface area contributed by atoms with Gasteiger partial charge in [-0.15, -0.1) is 0 Å². The number of hydrogen-bond donors (Lipinski definition) is 2. The van der Waals surface area contributed by atoms with Crippen LogP contribution in [-0.2, 0) is 4.79 Å². The number of carbonyl (C=O) groups is 1. The number of pyridine rings is 1. The SMILES string of the molecule is COc1cncc(C(O)C(O)CCSC(C)=O)c1. The van der Waals surface area contributed by atoms with E-state index in [0.29, 0.717) is 23.5 Å². The summed E-state index contributed by atoms with van der Waals surface area (Å²) >= 11 is 1.13. The van der Waals surface area contributed by atoms with Crippen LogP contribution in [0.2, 0.25) is 0 Å². The topological polar surface area (TPSA) is 79.7 Å². The lowest BCUT2D eigenvalue weighted by Crippen LogP contribution is -2.19. The summed E-state index contributed by atoms with van der Waals surface area (Å²) in [6.07, 6.45) is 1.39. The minimum Gasteiger partial charge on any atom is -0.495 e. The van der Waals surface area contributed by atoms with Gasteiger partial charge in [0.15, 0.2) is 5.12 Å². The fourth-order valence-electron chi connectivity index (χ4n) is 1.41. The minimum absolute atomic E-state index is 0.000244. The third-order valence-corrected chi connectivity index (χ3v) is 3.24. The third-order valence-electron chi connectivity index (χ3n) is 2.39. The fraction of sp³-hybridized carbons (Fsp3) is 0.500. The average Bonchev–Trinajstić information content (AvgIpc) is 2.37. The summed E-state index contributed by atoms with van der Waals surface area (Å²) in [5, 5.41) is 19.7. The minimum atomic E-state index is -1.03. The molecular formula is C12H17NO4S. The van der Waals surface area contributed by atoms with Crippen molar-refractivity contribution < 1.29 is 19.7 Å². The maximum atomic E-state index is 10.7. The average molecular weight is 271 g/mol. The second-order valence-corrected chi connectivity index (χ2v) is 5.07. The van der Waals surface area contributed by atoms with Crippen LogP contribution in [0.1, 0.15) is 25.0 Å². The molecule has 0 aromatic carbocycles. The first kappa shape index (κ1) is 14.9. The van der Waals surface area contributed by atoms with Crippen LogP contribution in [0.4, 0.5) is 0 Å². The lowest BCUT2D eigenvalue weighted by atomic mass is 10.0. The van der Waals surface area contributed by atoms with Crippen LogP contribution in [0, 0.1) is 0 Å². The van der Waals surface area contributed by atoms with Gasteiger partial charge in [0.2, 0.25) is 0 Å². The molecule has 0 fully saturated rings. The van der Waals surface area contributed by atoms with Crippen LogP contribution in [-0.4, -0.2) is 39.3 Å². The van der Waals surface area contributed by atoms with E-state index in [4.69, 9.17) is 4.74 Å². The highest BCUT2D eigenvalue weighted by Crippen LogP contribution is 2.22. The molecule has 1 aromatic heterocycles. The number of carbonyl (C=O) groups excluding carboxylic acids is 1. The predicted molar refractivity (Wildman–Crippen MR) is 69.5 cm³/mol. The molecule has 0 bridgehead atoms. The Morgan fingerprint density at radius 3 is 2.83 bits per heavy atom. The van der Waals surface area contributed by atoms with Crippen molar-refractivity contribution in [2.45, 2.75) is 25.6 Å². The number of ether oxygens (including phenoxy) is 1. The van der Waals surface area contributed by atoms with Crippen LogP contribution < -0.4 is 4.74 Å². The first-order chi connectivity index (χ1) is 8.54. The summed E-state index contributed by atoms with van der Waals surface area (Å²) in [7, 11) is 1.51. The predicted octanol–water partition coefficient (Wildman–Crippen LogP) is 1.15. The number of aliphatic hydroxyl groups excluding tert-OH is 2. The van der Waals surface area contributed by atoms with Gasteiger partial charge < -0.3 is 14.9 Å². The van der Waals surface area contributed by atoms with E-state index < -0.39 is 12.2 Å². The number of thioether (sulfide) groups is 1. The summed E-state index contributed by atoms with van der Waals surface area (Å²) in [6, 6.07) is 1.62. The Balaban J connectivity index is 2.56. The van der Waals surface area contributed by atoms with Crippen molar-refractivity contribution in [3.05, 3.63) is 24.0 Å². The normalized spacial score (nSPS) is 14.0. The highest BCUT2D eigenvalue weighted by Gasteiger charge is 2.19. The van der Waals surface area contributed by atoms with E-state index in [-0.39, 0.29) is 5.12 Å². The fourth-order valence-corrected chi connectivity index (χ4v) is 2.06. The van der Waals surface area contributed by atoms with Crippen molar-refractivity contribution in [2.75, 3.05) is 12.9 Å². The van der Waals surface area contributed by atoms with E-state index in [1.807, 2.05) is 0 Å². The molecular weight excluding hydrogens is 254 g/mol. The van der Waals surface area contributed by atoms with Crippen LogP contribution >= 0.6 is 11.8 Å². The number of rotatable bonds is 6. The highest BCUT2D eigenvalue weighted by atomic mass is 32.2. The van der Waals surface area contributed by atoms with Crippen molar-refractivity contribution in [1.29, 1.82) is 0 Å².